The minimum Gasteiger partial charge on any atom is -0.497 e. The van der Waals surface area contributed by atoms with Gasteiger partial charge in [0.15, 0.2) is 5.03 Å². The third-order valence-electron chi connectivity index (χ3n) is 4.69. The molecule has 1 heterocycles. The summed E-state index contributed by atoms with van der Waals surface area (Å²) in [5, 5.41) is -0.133. The van der Waals surface area contributed by atoms with Crippen molar-refractivity contribution >= 4 is 43.1 Å². The molecule has 0 aliphatic heterocycles. The Morgan fingerprint density at radius 2 is 1.77 bits per heavy atom. The maximum absolute atomic E-state index is 13.4. The van der Waals surface area contributed by atoms with Gasteiger partial charge in [-0.05, 0) is 76.9 Å². The molecule has 162 valence electrons. The van der Waals surface area contributed by atoms with Gasteiger partial charge in [-0.25, -0.2) is 18.2 Å². The number of carbonyl (C=O) groups excluding carboxylic acids is 1. The minimum atomic E-state index is -3.95. The van der Waals surface area contributed by atoms with Crippen LogP contribution in [-0.2, 0) is 14.6 Å². The van der Waals surface area contributed by atoms with Crippen molar-refractivity contribution in [2.24, 2.45) is 0 Å². The fourth-order valence-corrected chi connectivity index (χ4v) is 5.41. The molecule has 0 radical (unpaired) electrons. The lowest BCUT2D eigenvalue weighted by molar-refractivity contribution is 0.0601. The molecule has 3 rings (SSSR count). The number of halogens is 1. The van der Waals surface area contributed by atoms with Crippen LogP contribution >= 0.6 is 15.9 Å². The number of ether oxygens (including phenoxy) is 2. The van der Waals surface area contributed by atoms with Gasteiger partial charge >= 0.3 is 5.97 Å². The molecule has 0 amide bonds. The van der Waals surface area contributed by atoms with Gasteiger partial charge < -0.3 is 14.4 Å². The van der Waals surface area contributed by atoms with E-state index >= 15 is 0 Å². The fourth-order valence-electron chi connectivity index (χ4n) is 3.17. The van der Waals surface area contributed by atoms with Crippen molar-refractivity contribution in [1.29, 1.82) is 0 Å². The zero-order valence-electron chi connectivity index (χ0n) is 17.4. The average Bonchev–Trinajstić information content (AvgIpc) is 2.77. The Hall–Kier alpha value is -2.91. The summed E-state index contributed by atoms with van der Waals surface area (Å²) in [6.07, 6.45) is 1.42. The van der Waals surface area contributed by atoms with Gasteiger partial charge in [-0.15, -0.1) is 0 Å². The number of anilines is 2. The molecule has 1 aromatic heterocycles. The van der Waals surface area contributed by atoms with Crippen molar-refractivity contribution in [3.8, 4) is 5.75 Å². The lowest BCUT2D eigenvalue weighted by atomic mass is 10.1. The van der Waals surface area contributed by atoms with Gasteiger partial charge in [0.1, 0.15) is 5.75 Å². The van der Waals surface area contributed by atoms with Gasteiger partial charge in [-0.1, -0.05) is 0 Å². The summed E-state index contributed by atoms with van der Waals surface area (Å²) in [4.78, 5) is 18.3. The first-order valence-corrected chi connectivity index (χ1v) is 11.4. The van der Waals surface area contributed by atoms with Crippen molar-refractivity contribution < 1.29 is 22.7 Å². The van der Waals surface area contributed by atoms with Crippen LogP contribution in [0, 0.1) is 6.92 Å². The van der Waals surface area contributed by atoms with Crippen LogP contribution in [-0.4, -0.2) is 40.6 Å². The second-order valence-corrected chi connectivity index (χ2v) is 9.42. The summed E-state index contributed by atoms with van der Waals surface area (Å²) in [6, 6.07) is 12.9. The standard InChI is InChI=1S/C22H21BrN2O5S/c1-14-12-17(22(26)30-4)20(18(23)13-14)25(2)19-6-5-11-24-21(19)31(27,28)16-9-7-15(29-3)8-10-16/h5-13H,1-4H3. The van der Waals surface area contributed by atoms with E-state index in [1.54, 1.807) is 42.3 Å². The smallest absolute Gasteiger partial charge is 0.340 e. The highest BCUT2D eigenvalue weighted by molar-refractivity contribution is 9.10. The Balaban J connectivity index is 2.18. The van der Waals surface area contributed by atoms with E-state index in [9.17, 15) is 13.2 Å². The van der Waals surface area contributed by atoms with Crippen LogP contribution in [0.25, 0.3) is 0 Å². The van der Waals surface area contributed by atoms with E-state index in [-0.39, 0.29) is 9.92 Å². The van der Waals surface area contributed by atoms with Crippen molar-refractivity contribution in [2.75, 3.05) is 26.2 Å². The quantitative estimate of drug-likeness (QED) is 0.455. The predicted octanol–water partition coefficient (Wildman–Crippen LogP) is 4.55. The summed E-state index contributed by atoms with van der Waals surface area (Å²) in [5.41, 5.74) is 1.93. The van der Waals surface area contributed by atoms with Gasteiger partial charge in [-0.2, -0.15) is 0 Å². The van der Waals surface area contributed by atoms with E-state index in [0.717, 1.165) is 5.56 Å². The van der Waals surface area contributed by atoms with Crippen LogP contribution < -0.4 is 9.64 Å². The van der Waals surface area contributed by atoms with E-state index in [4.69, 9.17) is 9.47 Å². The molecule has 0 spiro atoms. The van der Waals surface area contributed by atoms with Crippen LogP contribution in [0.2, 0.25) is 0 Å². The first-order chi connectivity index (χ1) is 14.7. The Labute approximate surface area is 189 Å². The van der Waals surface area contributed by atoms with E-state index < -0.39 is 15.8 Å². The molecule has 2 aromatic carbocycles. The molecule has 0 fully saturated rings. The average molecular weight is 505 g/mol. The summed E-state index contributed by atoms with van der Waals surface area (Å²) >= 11 is 3.50. The molecule has 0 aliphatic rings. The topological polar surface area (TPSA) is 85.8 Å². The third-order valence-corrected chi connectivity index (χ3v) is 7.01. The van der Waals surface area contributed by atoms with Gasteiger partial charge in [0, 0.05) is 17.7 Å². The van der Waals surface area contributed by atoms with E-state index in [2.05, 4.69) is 20.9 Å². The number of sulfone groups is 1. The molecule has 0 atom stereocenters. The van der Waals surface area contributed by atoms with Crippen LogP contribution in [0.1, 0.15) is 15.9 Å². The zero-order chi connectivity index (χ0) is 22.8. The number of pyridine rings is 1. The molecule has 31 heavy (non-hydrogen) atoms. The fraction of sp³-hybridized carbons (Fsp3) is 0.182. The second kappa shape index (κ2) is 9.07. The number of esters is 1. The number of aryl methyl sites for hydroxylation is 1. The van der Waals surface area contributed by atoms with Crippen LogP contribution in [0.5, 0.6) is 5.75 Å². The zero-order valence-corrected chi connectivity index (χ0v) is 19.8. The number of rotatable bonds is 6. The number of methoxy groups -OCH3 is 2. The maximum Gasteiger partial charge on any atom is 0.340 e. The number of hydrogen-bond acceptors (Lipinski definition) is 7. The predicted molar refractivity (Wildman–Crippen MR) is 121 cm³/mol. The largest absolute Gasteiger partial charge is 0.497 e. The molecule has 0 bridgehead atoms. The Kier molecular flexibility index (Phi) is 6.66. The molecule has 3 aromatic rings. The first kappa shape index (κ1) is 22.8. The lowest BCUT2D eigenvalue weighted by Gasteiger charge is -2.25. The Morgan fingerprint density at radius 1 is 1.10 bits per heavy atom. The van der Waals surface area contributed by atoms with Crippen molar-refractivity contribution in [3.05, 3.63) is 70.3 Å². The van der Waals surface area contributed by atoms with Crippen molar-refractivity contribution in [2.45, 2.75) is 16.8 Å². The molecule has 0 N–H and O–H groups in total. The van der Waals surface area contributed by atoms with Crippen LogP contribution in [0.3, 0.4) is 0 Å². The Bertz CT molecular complexity index is 1230. The van der Waals surface area contributed by atoms with Crippen LogP contribution in [0.4, 0.5) is 11.4 Å². The number of carbonyl (C=O) groups is 1. The first-order valence-electron chi connectivity index (χ1n) is 9.17. The SMILES string of the molecule is COC(=O)c1cc(C)cc(Br)c1N(C)c1cccnc1S(=O)(=O)c1ccc(OC)cc1. The molecular formula is C22H21BrN2O5S. The molecule has 0 unspecified atom stereocenters. The molecule has 0 saturated heterocycles. The highest BCUT2D eigenvalue weighted by Crippen LogP contribution is 2.38. The summed E-state index contributed by atoms with van der Waals surface area (Å²) in [6.45, 7) is 1.85. The van der Waals surface area contributed by atoms with Crippen molar-refractivity contribution in [3.63, 3.8) is 0 Å². The van der Waals surface area contributed by atoms with Gasteiger partial charge in [0.05, 0.1) is 36.1 Å². The van der Waals surface area contributed by atoms with E-state index in [0.29, 0.717) is 27.2 Å². The van der Waals surface area contributed by atoms with Crippen LogP contribution in [0.15, 0.2) is 69.1 Å². The minimum absolute atomic E-state index is 0.0813. The Morgan fingerprint density at radius 3 is 2.39 bits per heavy atom. The van der Waals surface area contributed by atoms with E-state index in [1.165, 1.54) is 32.5 Å². The summed E-state index contributed by atoms with van der Waals surface area (Å²) in [7, 11) is 0.531. The normalized spacial score (nSPS) is 11.1. The molecule has 0 saturated carbocycles. The van der Waals surface area contributed by atoms with Gasteiger partial charge in [0.25, 0.3) is 0 Å². The molecule has 9 heteroatoms. The molecule has 0 aliphatic carbocycles. The number of nitrogens with zero attached hydrogens (tertiary/aromatic N) is 2. The summed E-state index contributed by atoms with van der Waals surface area (Å²) < 4.78 is 37.4. The number of aromatic nitrogens is 1. The lowest BCUT2D eigenvalue weighted by Crippen LogP contribution is -2.19. The molecule has 7 nitrogen and oxygen atoms in total. The third kappa shape index (κ3) is 4.42. The highest BCUT2D eigenvalue weighted by Gasteiger charge is 2.28. The number of hydrogen-bond donors (Lipinski definition) is 0. The van der Waals surface area contributed by atoms with E-state index in [1.807, 2.05) is 13.0 Å². The monoisotopic (exact) mass is 504 g/mol. The highest BCUT2D eigenvalue weighted by atomic mass is 79.9. The van der Waals surface area contributed by atoms with Gasteiger partial charge in [-0.3, -0.25) is 0 Å². The summed E-state index contributed by atoms with van der Waals surface area (Å²) in [5.74, 6) is 0.0123. The second-order valence-electron chi connectivity index (χ2n) is 6.70. The maximum atomic E-state index is 13.4. The number of benzene rings is 2. The van der Waals surface area contributed by atoms with Gasteiger partial charge in [0.2, 0.25) is 9.84 Å². The van der Waals surface area contributed by atoms with Crippen molar-refractivity contribution in [1.82, 2.24) is 4.98 Å². The molecular weight excluding hydrogens is 484 g/mol.